The summed E-state index contributed by atoms with van der Waals surface area (Å²) in [7, 11) is 3.06. The first-order valence-electron chi connectivity index (χ1n) is 6.40. The van der Waals surface area contributed by atoms with Crippen molar-refractivity contribution in [2.75, 3.05) is 14.1 Å². The Kier molecular flexibility index (Phi) is 4.80. The third kappa shape index (κ3) is 3.19. The first-order valence-corrected chi connectivity index (χ1v) is 6.40. The van der Waals surface area contributed by atoms with Gasteiger partial charge in [-0.1, -0.05) is 13.8 Å². The SMILES string of the molecule is CC1CC(=O)N(C)C1=O.CCC1CC(=O)N(C)C1=O. The molecule has 0 aromatic rings. The van der Waals surface area contributed by atoms with E-state index in [1.807, 2.05) is 6.92 Å². The highest BCUT2D eigenvalue weighted by molar-refractivity contribution is 6.03. The molecule has 2 unspecified atom stereocenters. The summed E-state index contributed by atoms with van der Waals surface area (Å²) in [6.07, 6.45) is 1.57. The van der Waals surface area contributed by atoms with Crippen molar-refractivity contribution in [3.63, 3.8) is 0 Å². The number of nitrogens with zero attached hydrogens (tertiary/aromatic N) is 2. The van der Waals surface area contributed by atoms with Crippen LogP contribution in [0.15, 0.2) is 0 Å². The summed E-state index contributed by atoms with van der Waals surface area (Å²) in [5.74, 6) is -0.322. The maximum Gasteiger partial charge on any atom is 0.232 e. The summed E-state index contributed by atoms with van der Waals surface area (Å²) in [6, 6.07) is 0. The number of amides is 4. The molecule has 0 aliphatic carbocycles. The predicted molar refractivity (Wildman–Crippen MR) is 67.7 cm³/mol. The van der Waals surface area contributed by atoms with Crippen LogP contribution >= 0.6 is 0 Å². The molecule has 2 saturated heterocycles. The zero-order chi connectivity index (χ0) is 14.7. The third-order valence-electron chi connectivity index (χ3n) is 3.57. The lowest BCUT2D eigenvalue weighted by Crippen LogP contribution is -2.25. The topological polar surface area (TPSA) is 74.8 Å². The predicted octanol–water partition coefficient (Wildman–Crippen LogP) is 0.413. The van der Waals surface area contributed by atoms with E-state index in [9.17, 15) is 19.2 Å². The lowest BCUT2D eigenvalue weighted by atomic mass is 10.1. The van der Waals surface area contributed by atoms with Crippen LogP contribution in [0.1, 0.15) is 33.1 Å². The van der Waals surface area contributed by atoms with Crippen molar-refractivity contribution >= 4 is 23.6 Å². The largest absolute Gasteiger partial charge is 0.286 e. The molecule has 0 aromatic heterocycles. The highest BCUT2D eigenvalue weighted by atomic mass is 16.2. The second-order valence-electron chi connectivity index (χ2n) is 5.00. The average Bonchev–Trinajstić information content (AvgIpc) is 2.75. The van der Waals surface area contributed by atoms with E-state index < -0.39 is 0 Å². The Balaban J connectivity index is 0.000000191. The molecule has 6 nitrogen and oxygen atoms in total. The van der Waals surface area contributed by atoms with Crippen LogP contribution in [0.3, 0.4) is 0 Å². The fourth-order valence-corrected chi connectivity index (χ4v) is 2.09. The highest BCUT2D eigenvalue weighted by Crippen LogP contribution is 2.20. The zero-order valence-corrected chi connectivity index (χ0v) is 11.8. The Hall–Kier alpha value is -1.72. The summed E-state index contributed by atoms with van der Waals surface area (Å²) < 4.78 is 0. The van der Waals surface area contributed by atoms with Gasteiger partial charge in [0, 0.05) is 38.8 Å². The standard InChI is InChI=1S/C7H11NO2.C6H9NO2/c1-3-5-4-6(9)8(2)7(5)10;1-4-3-5(8)7(2)6(4)9/h5H,3-4H2,1-2H3;4H,3H2,1-2H3. The number of imide groups is 2. The smallest absolute Gasteiger partial charge is 0.232 e. The summed E-state index contributed by atoms with van der Waals surface area (Å²) in [4.78, 5) is 45.8. The molecular formula is C13H20N2O4. The molecule has 0 saturated carbocycles. The van der Waals surface area contributed by atoms with Crippen molar-refractivity contribution in [2.45, 2.75) is 33.1 Å². The molecule has 2 aliphatic heterocycles. The van der Waals surface area contributed by atoms with E-state index in [0.717, 1.165) is 6.42 Å². The number of hydrogen-bond donors (Lipinski definition) is 0. The Morgan fingerprint density at radius 3 is 1.58 bits per heavy atom. The summed E-state index contributed by atoms with van der Waals surface area (Å²) in [5, 5.41) is 0. The quantitative estimate of drug-likeness (QED) is 0.646. The zero-order valence-electron chi connectivity index (χ0n) is 11.8. The molecule has 2 rings (SSSR count). The van der Waals surface area contributed by atoms with E-state index in [1.165, 1.54) is 16.8 Å². The van der Waals surface area contributed by atoms with Gasteiger partial charge in [0.1, 0.15) is 0 Å². The van der Waals surface area contributed by atoms with Crippen molar-refractivity contribution in [1.29, 1.82) is 0 Å². The first kappa shape index (κ1) is 15.3. The van der Waals surface area contributed by atoms with Crippen molar-refractivity contribution in [1.82, 2.24) is 9.80 Å². The molecule has 106 valence electrons. The van der Waals surface area contributed by atoms with Gasteiger partial charge in [0.2, 0.25) is 23.6 Å². The van der Waals surface area contributed by atoms with Gasteiger partial charge in [0.05, 0.1) is 0 Å². The van der Waals surface area contributed by atoms with E-state index in [1.54, 1.807) is 14.0 Å². The molecule has 0 aromatic carbocycles. The average molecular weight is 268 g/mol. The Morgan fingerprint density at radius 1 is 0.947 bits per heavy atom. The minimum Gasteiger partial charge on any atom is -0.286 e. The maximum atomic E-state index is 11.1. The van der Waals surface area contributed by atoms with Gasteiger partial charge in [-0.15, -0.1) is 0 Å². The molecule has 0 spiro atoms. The minimum absolute atomic E-state index is 0.0208. The van der Waals surface area contributed by atoms with Gasteiger partial charge in [-0.05, 0) is 6.42 Å². The highest BCUT2D eigenvalue weighted by Gasteiger charge is 2.34. The number of likely N-dealkylation sites (tertiary alicyclic amines) is 2. The van der Waals surface area contributed by atoms with Crippen LogP contribution in [0.25, 0.3) is 0 Å². The number of rotatable bonds is 1. The van der Waals surface area contributed by atoms with Crippen molar-refractivity contribution in [2.24, 2.45) is 11.8 Å². The second-order valence-corrected chi connectivity index (χ2v) is 5.00. The molecule has 6 heteroatoms. The van der Waals surface area contributed by atoms with Gasteiger partial charge in [0.25, 0.3) is 0 Å². The molecule has 4 amide bonds. The van der Waals surface area contributed by atoms with E-state index in [2.05, 4.69) is 0 Å². The molecule has 0 radical (unpaired) electrons. The lowest BCUT2D eigenvalue weighted by Gasteiger charge is -2.05. The minimum atomic E-state index is -0.0949. The van der Waals surface area contributed by atoms with E-state index in [4.69, 9.17) is 0 Å². The maximum absolute atomic E-state index is 11.1. The number of carbonyl (C=O) groups excluding carboxylic acids is 4. The summed E-state index contributed by atoms with van der Waals surface area (Å²) >= 11 is 0. The second kappa shape index (κ2) is 5.95. The van der Waals surface area contributed by atoms with Crippen LogP contribution in [0.4, 0.5) is 0 Å². The van der Waals surface area contributed by atoms with Crippen molar-refractivity contribution in [3.8, 4) is 0 Å². The fraction of sp³-hybridized carbons (Fsp3) is 0.692. The molecule has 2 fully saturated rings. The molecule has 0 bridgehead atoms. The van der Waals surface area contributed by atoms with Gasteiger partial charge in [-0.2, -0.15) is 0 Å². The van der Waals surface area contributed by atoms with Crippen LogP contribution in [0, 0.1) is 11.8 Å². The molecule has 2 heterocycles. The van der Waals surface area contributed by atoms with Crippen molar-refractivity contribution in [3.05, 3.63) is 0 Å². The summed E-state index contributed by atoms with van der Waals surface area (Å²) in [6.45, 7) is 3.69. The van der Waals surface area contributed by atoms with Gasteiger partial charge in [0.15, 0.2) is 0 Å². The molecular weight excluding hydrogens is 248 g/mol. The van der Waals surface area contributed by atoms with Gasteiger partial charge in [-0.3, -0.25) is 29.0 Å². The molecule has 2 atom stereocenters. The first-order chi connectivity index (χ1) is 8.79. The fourth-order valence-electron chi connectivity index (χ4n) is 2.09. The van der Waals surface area contributed by atoms with Crippen LogP contribution < -0.4 is 0 Å². The lowest BCUT2D eigenvalue weighted by molar-refractivity contribution is -0.139. The van der Waals surface area contributed by atoms with Gasteiger partial charge >= 0.3 is 0 Å². The number of carbonyl (C=O) groups is 4. The normalized spacial score (nSPS) is 26.9. The van der Waals surface area contributed by atoms with Crippen LogP contribution in [-0.4, -0.2) is 47.5 Å². The van der Waals surface area contributed by atoms with Crippen molar-refractivity contribution < 1.29 is 19.2 Å². The Labute approximate surface area is 112 Å². The van der Waals surface area contributed by atoms with Crippen LogP contribution in [0.2, 0.25) is 0 Å². The molecule has 2 aliphatic rings. The van der Waals surface area contributed by atoms with Gasteiger partial charge < -0.3 is 0 Å². The Bertz CT molecular complexity index is 419. The third-order valence-corrected chi connectivity index (χ3v) is 3.57. The van der Waals surface area contributed by atoms with E-state index in [-0.39, 0.29) is 35.5 Å². The van der Waals surface area contributed by atoms with Crippen LogP contribution in [-0.2, 0) is 19.2 Å². The number of hydrogen-bond acceptors (Lipinski definition) is 4. The van der Waals surface area contributed by atoms with E-state index in [0.29, 0.717) is 12.8 Å². The monoisotopic (exact) mass is 268 g/mol. The Morgan fingerprint density at radius 2 is 1.42 bits per heavy atom. The van der Waals surface area contributed by atoms with E-state index >= 15 is 0 Å². The van der Waals surface area contributed by atoms with Gasteiger partial charge in [-0.25, -0.2) is 0 Å². The summed E-state index contributed by atoms with van der Waals surface area (Å²) in [5.41, 5.74) is 0. The molecule has 0 N–H and O–H groups in total. The molecule has 19 heavy (non-hydrogen) atoms. The van der Waals surface area contributed by atoms with Crippen LogP contribution in [0.5, 0.6) is 0 Å².